The van der Waals surface area contributed by atoms with E-state index in [9.17, 15) is 10.1 Å². The number of nitro groups is 1. The van der Waals surface area contributed by atoms with Crippen LogP contribution in [0.3, 0.4) is 0 Å². The summed E-state index contributed by atoms with van der Waals surface area (Å²) in [6.45, 7) is 0.116. The first-order valence-electron chi connectivity index (χ1n) is 5.66. The van der Waals surface area contributed by atoms with E-state index in [0.29, 0.717) is 11.1 Å². The standard InChI is InChI=1S/C14H9ClN2O3/c15-13-6-5-12(17(18)19)7-14(13)20-9-11-4-2-1-3-10(11)8-16/h1-7H,9H2. The molecule has 0 saturated heterocycles. The number of rotatable bonds is 4. The largest absolute Gasteiger partial charge is 0.487 e. The van der Waals surface area contributed by atoms with Crippen molar-refractivity contribution in [2.75, 3.05) is 0 Å². The number of nitro benzene ring substituents is 1. The van der Waals surface area contributed by atoms with Crippen molar-refractivity contribution in [3.8, 4) is 11.8 Å². The molecule has 5 nitrogen and oxygen atoms in total. The third-order valence-corrected chi connectivity index (χ3v) is 2.96. The lowest BCUT2D eigenvalue weighted by atomic mass is 10.1. The molecule has 2 rings (SSSR count). The molecule has 0 aliphatic carbocycles. The summed E-state index contributed by atoms with van der Waals surface area (Å²) in [5, 5.41) is 20.0. The van der Waals surface area contributed by atoms with Gasteiger partial charge in [0.1, 0.15) is 12.4 Å². The highest BCUT2D eigenvalue weighted by molar-refractivity contribution is 6.32. The lowest BCUT2D eigenvalue weighted by Crippen LogP contribution is -1.99. The molecule has 0 aliphatic heterocycles. The number of nitriles is 1. The summed E-state index contributed by atoms with van der Waals surface area (Å²) >= 11 is 5.93. The Labute approximate surface area is 120 Å². The van der Waals surface area contributed by atoms with E-state index in [4.69, 9.17) is 21.6 Å². The highest BCUT2D eigenvalue weighted by Gasteiger charge is 2.11. The summed E-state index contributed by atoms with van der Waals surface area (Å²) < 4.78 is 5.47. The van der Waals surface area contributed by atoms with Crippen molar-refractivity contribution in [3.05, 3.63) is 68.7 Å². The van der Waals surface area contributed by atoms with E-state index in [-0.39, 0.29) is 23.1 Å². The molecular weight excluding hydrogens is 280 g/mol. The van der Waals surface area contributed by atoms with Crippen LogP contribution in [-0.4, -0.2) is 4.92 Å². The normalized spacial score (nSPS) is 9.80. The van der Waals surface area contributed by atoms with Crippen molar-refractivity contribution in [1.29, 1.82) is 5.26 Å². The Balaban J connectivity index is 2.21. The van der Waals surface area contributed by atoms with Gasteiger partial charge in [-0.05, 0) is 12.1 Å². The van der Waals surface area contributed by atoms with Gasteiger partial charge in [0.05, 0.1) is 27.6 Å². The maximum absolute atomic E-state index is 10.7. The Hall–Kier alpha value is -2.58. The maximum atomic E-state index is 10.7. The van der Waals surface area contributed by atoms with Crippen LogP contribution < -0.4 is 4.74 Å². The van der Waals surface area contributed by atoms with E-state index in [2.05, 4.69) is 6.07 Å². The molecule has 0 unspecified atom stereocenters. The highest BCUT2D eigenvalue weighted by Crippen LogP contribution is 2.29. The Kier molecular flexibility index (Phi) is 4.18. The lowest BCUT2D eigenvalue weighted by molar-refractivity contribution is -0.384. The van der Waals surface area contributed by atoms with Crippen LogP contribution in [0.5, 0.6) is 5.75 Å². The van der Waals surface area contributed by atoms with Crippen LogP contribution in [0.1, 0.15) is 11.1 Å². The van der Waals surface area contributed by atoms with Gasteiger partial charge in [0, 0.05) is 11.6 Å². The molecule has 6 heteroatoms. The van der Waals surface area contributed by atoms with Gasteiger partial charge in [0.15, 0.2) is 0 Å². The van der Waals surface area contributed by atoms with Crippen molar-refractivity contribution in [1.82, 2.24) is 0 Å². The van der Waals surface area contributed by atoms with Crippen molar-refractivity contribution in [2.24, 2.45) is 0 Å². The molecule has 0 N–H and O–H groups in total. The number of hydrogen-bond donors (Lipinski definition) is 0. The predicted molar refractivity (Wildman–Crippen MR) is 73.6 cm³/mol. The minimum atomic E-state index is -0.521. The van der Waals surface area contributed by atoms with Gasteiger partial charge in [-0.15, -0.1) is 0 Å². The van der Waals surface area contributed by atoms with E-state index >= 15 is 0 Å². The van der Waals surface area contributed by atoms with Gasteiger partial charge in [-0.1, -0.05) is 29.8 Å². The van der Waals surface area contributed by atoms with Crippen LogP contribution >= 0.6 is 11.6 Å². The summed E-state index contributed by atoms with van der Waals surface area (Å²) in [7, 11) is 0. The summed E-state index contributed by atoms with van der Waals surface area (Å²) in [4.78, 5) is 10.2. The monoisotopic (exact) mass is 288 g/mol. The first kappa shape index (κ1) is 13.8. The summed E-state index contributed by atoms with van der Waals surface area (Å²) in [5.74, 6) is 0.216. The topological polar surface area (TPSA) is 76.2 Å². The minimum absolute atomic E-state index is 0.0991. The quantitative estimate of drug-likeness (QED) is 0.635. The average Bonchev–Trinajstić information content (AvgIpc) is 2.46. The third-order valence-electron chi connectivity index (χ3n) is 2.65. The molecule has 0 spiro atoms. The average molecular weight is 289 g/mol. The second kappa shape index (κ2) is 6.04. The van der Waals surface area contributed by atoms with Crippen molar-refractivity contribution in [3.63, 3.8) is 0 Å². The molecule has 0 heterocycles. The van der Waals surface area contributed by atoms with Gasteiger partial charge >= 0.3 is 0 Å². The molecule has 100 valence electrons. The van der Waals surface area contributed by atoms with Gasteiger partial charge in [-0.25, -0.2) is 0 Å². The van der Waals surface area contributed by atoms with Gasteiger partial charge in [0.25, 0.3) is 5.69 Å². The zero-order valence-electron chi connectivity index (χ0n) is 10.2. The van der Waals surface area contributed by atoms with Gasteiger partial charge in [-0.2, -0.15) is 5.26 Å². The van der Waals surface area contributed by atoms with E-state index < -0.39 is 4.92 Å². The Morgan fingerprint density at radius 2 is 2.05 bits per heavy atom. The molecule has 0 amide bonds. The van der Waals surface area contributed by atoms with Crippen LogP contribution in [0.2, 0.25) is 5.02 Å². The van der Waals surface area contributed by atoms with Crippen molar-refractivity contribution < 1.29 is 9.66 Å². The second-order valence-corrected chi connectivity index (χ2v) is 4.34. The molecule has 0 bridgehead atoms. The van der Waals surface area contributed by atoms with Crippen LogP contribution in [0.4, 0.5) is 5.69 Å². The van der Waals surface area contributed by atoms with E-state index in [1.807, 2.05) is 0 Å². The molecule has 2 aromatic rings. The number of nitrogens with zero attached hydrogens (tertiary/aromatic N) is 2. The fourth-order valence-corrected chi connectivity index (χ4v) is 1.80. The number of halogens is 1. The molecular formula is C14H9ClN2O3. The summed E-state index contributed by atoms with van der Waals surface area (Å²) in [6, 6.07) is 13.0. The molecule has 0 aromatic heterocycles. The Bertz CT molecular complexity index is 695. The number of ether oxygens (including phenoxy) is 1. The second-order valence-electron chi connectivity index (χ2n) is 3.93. The third kappa shape index (κ3) is 3.05. The molecule has 20 heavy (non-hydrogen) atoms. The summed E-state index contributed by atoms with van der Waals surface area (Å²) in [5.41, 5.74) is 1.09. The molecule has 0 fully saturated rings. The Morgan fingerprint density at radius 3 is 2.75 bits per heavy atom. The number of non-ortho nitro benzene ring substituents is 1. The van der Waals surface area contributed by atoms with Crippen LogP contribution in [0.25, 0.3) is 0 Å². The van der Waals surface area contributed by atoms with Gasteiger partial charge < -0.3 is 4.74 Å². The first-order valence-corrected chi connectivity index (χ1v) is 6.04. The molecule has 0 saturated carbocycles. The zero-order valence-corrected chi connectivity index (χ0v) is 11.0. The maximum Gasteiger partial charge on any atom is 0.273 e. The fourth-order valence-electron chi connectivity index (χ4n) is 1.63. The number of benzene rings is 2. The molecule has 2 aromatic carbocycles. The Morgan fingerprint density at radius 1 is 1.30 bits per heavy atom. The first-order chi connectivity index (χ1) is 9.61. The van der Waals surface area contributed by atoms with Crippen LogP contribution in [-0.2, 0) is 6.61 Å². The lowest BCUT2D eigenvalue weighted by Gasteiger charge is -2.08. The van der Waals surface area contributed by atoms with Gasteiger partial charge in [-0.3, -0.25) is 10.1 Å². The van der Waals surface area contributed by atoms with Crippen molar-refractivity contribution >= 4 is 17.3 Å². The van der Waals surface area contributed by atoms with Crippen LogP contribution in [0.15, 0.2) is 42.5 Å². The van der Waals surface area contributed by atoms with Crippen molar-refractivity contribution in [2.45, 2.75) is 6.61 Å². The van der Waals surface area contributed by atoms with Crippen LogP contribution in [0, 0.1) is 21.4 Å². The molecule has 0 aliphatic rings. The minimum Gasteiger partial charge on any atom is -0.487 e. The smallest absolute Gasteiger partial charge is 0.273 e. The summed E-state index contributed by atoms with van der Waals surface area (Å²) in [6.07, 6.45) is 0. The van der Waals surface area contributed by atoms with E-state index in [1.54, 1.807) is 24.3 Å². The molecule has 0 radical (unpaired) electrons. The SMILES string of the molecule is N#Cc1ccccc1COc1cc([N+](=O)[O-])ccc1Cl. The fraction of sp³-hybridized carbons (Fsp3) is 0.0714. The molecule has 0 atom stereocenters. The zero-order chi connectivity index (χ0) is 14.5. The highest BCUT2D eigenvalue weighted by atomic mass is 35.5. The van der Waals surface area contributed by atoms with E-state index in [0.717, 1.165) is 0 Å². The van der Waals surface area contributed by atoms with Gasteiger partial charge in [0.2, 0.25) is 0 Å². The predicted octanol–water partition coefficient (Wildman–Crippen LogP) is 3.70. The number of hydrogen-bond acceptors (Lipinski definition) is 4. The van der Waals surface area contributed by atoms with E-state index in [1.165, 1.54) is 18.2 Å².